The van der Waals surface area contributed by atoms with Crippen LogP contribution in [-0.4, -0.2) is 63.3 Å². The van der Waals surface area contributed by atoms with Crippen LogP contribution in [0.4, 0.5) is 21.8 Å². The number of ether oxygens (including phenoxy) is 1. The molecule has 0 aliphatic carbocycles. The normalized spacial score (nSPS) is 15.1. The molecule has 0 unspecified atom stereocenters. The van der Waals surface area contributed by atoms with Gasteiger partial charge in [-0.3, -0.25) is 5.10 Å². The lowest BCUT2D eigenvalue weighted by atomic mass is 9.92. The van der Waals surface area contributed by atoms with Crippen LogP contribution in [0.1, 0.15) is 32.2 Å². The maximum Gasteiger partial charge on any atom is 0.326 e. The number of benzene rings is 1. The smallest absolute Gasteiger partial charge is 0.326 e. The average Bonchev–Trinajstić information content (AvgIpc) is 3.40. The van der Waals surface area contributed by atoms with E-state index < -0.39 is 5.82 Å². The number of hydrogen-bond acceptors (Lipinski definition) is 7. The molecule has 35 heavy (non-hydrogen) atoms. The minimum Gasteiger partial charge on any atom is -0.421 e. The van der Waals surface area contributed by atoms with Gasteiger partial charge in [0.05, 0.1) is 0 Å². The number of fused-ring (bicyclic) bond motifs is 1. The molecule has 5 rings (SSSR count). The molecule has 0 saturated carbocycles. The fourth-order valence-electron chi connectivity index (χ4n) is 4.08. The van der Waals surface area contributed by atoms with E-state index in [0.717, 1.165) is 54.3 Å². The number of halogens is 1. The molecule has 1 fully saturated rings. The third-order valence-electron chi connectivity index (χ3n) is 6.17. The molecule has 0 bridgehead atoms. The highest BCUT2D eigenvalue weighted by Crippen LogP contribution is 2.31. The summed E-state index contributed by atoms with van der Waals surface area (Å²) in [6.45, 7) is 11.8. The molecule has 4 heterocycles. The van der Waals surface area contributed by atoms with Gasteiger partial charge in [0.2, 0.25) is 0 Å². The number of aromatic nitrogens is 5. The first kappa shape index (κ1) is 23.1. The van der Waals surface area contributed by atoms with Gasteiger partial charge in [-0.2, -0.15) is 15.1 Å². The van der Waals surface area contributed by atoms with Crippen LogP contribution in [0.2, 0.25) is 0 Å². The van der Waals surface area contributed by atoms with Crippen LogP contribution in [0.5, 0.6) is 11.8 Å². The standard InChI is InChI=1S/C25H31FN8O/c1-15-10-16-11-19(17(26)12-18(16)27-15)35-24-29-21(28-22-13-20(31-32-22)25(2,3)4)14-23(30-24)34-8-6-33(5)7-9-34/h10-14,27H,6-9H2,1-5H3,(H2,28,29,30,31,32). The van der Waals surface area contributed by atoms with Gasteiger partial charge >= 0.3 is 6.01 Å². The second kappa shape index (κ2) is 8.84. The van der Waals surface area contributed by atoms with Gasteiger partial charge in [-0.05, 0) is 26.1 Å². The summed E-state index contributed by atoms with van der Waals surface area (Å²) in [4.78, 5) is 16.7. The van der Waals surface area contributed by atoms with Crippen molar-refractivity contribution in [3.8, 4) is 11.8 Å². The van der Waals surface area contributed by atoms with Crippen LogP contribution >= 0.6 is 0 Å². The predicted molar refractivity (Wildman–Crippen MR) is 135 cm³/mol. The van der Waals surface area contributed by atoms with Crippen molar-refractivity contribution in [2.75, 3.05) is 43.4 Å². The summed E-state index contributed by atoms with van der Waals surface area (Å²) < 4.78 is 20.7. The summed E-state index contributed by atoms with van der Waals surface area (Å²) >= 11 is 0. The molecule has 0 radical (unpaired) electrons. The Morgan fingerprint density at radius 1 is 1.00 bits per heavy atom. The third-order valence-corrected chi connectivity index (χ3v) is 6.17. The number of aryl methyl sites for hydroxylation is 1. The Morgan fingerprint density at radius 3 is 2.49 bits per heavy atom. The Labute approximate surface area is 203 Å². The topological polar surface area (TPSA) is 98.0 Å². The summed E-state index contributed by atoms with van der Waals surface area (Å²) in [5.74, 6) is 1.47. The number of anilines is 3. The second-order valence-corrected chi connectivity index (χ2v) is 10.2. The van der Waals surface area contributed by atoms with Crippen molar-refractivity contribution in [3.05, 3.63) is 47.5 Å². The van der Waals surface area contributed by atoms with Gasteiger partial charge < -0.3 is 24.8 Å². The summed E-state index contributed by atoms with van der Waals surface area (Å²) in [5.41, 5.74) is 2.60. The molecule has 1 aliphatic heterocycles. The quantitative estimate of drug-likeness (QED) is 0.382. The number of piperazine rings is 1. The SMILES string of the molecule is Cc1cc2cc(Oc3nc(Nc4cc(C(C)(C)C)[nH]n4)cc(N4CCN(C)CC4)n3)c(F)cc2[nH]1. The van der Waals surface area contributed by atoms with Crippen LogP contribution in [0, 0.1) is 12.7 Å². The van der Waals surface area contributed by atoms with Gasteiger partial charge in [-0.15, -0.1) is 0 Å². The van der Waals surface area contributed by atoms with Crippen LogP contribution in [0.25, 0.3) is 10.9 Å². The maximum atomic E-state index is 14.8. The first-order valence-corrected chi connectivity index (χ1v) is 11.8. The van der Waals surface area contributed by atoms with E-state index in [1.54, 1.807) is 6.07 Å². The van der Waals surface area contributed by atoms with Crippen LogP contribution < -0.4 is 15.0 Å². The molecular weight excluding hydrogens is 447 g/mol. The molecule has 1 aromatic carbocycles. The number of H-pyrrole nitrogens is 2. The van der Waals surface area contributed by atoms with E-state index in [-0.39, 0.29) is 17.2 Å². The van der Waals surface area contributed by atoms with E-state index in [1.807, 2.05) is 25.1 Å². The summed E-state index contributed by atoms with van der Waals surface area (Å²) in [6, 6.07) is 8.94. The van der Waals surface area contributed by atoms with E-state index >= 15 is 0 Å². The maximum absolute atomic E-state index is 14.8. The number of nitrogens with zero attached hydrogens (tertiary/aromatic N) is 5. The van der Waals surface area contributed by atoms with Crippen LogP contribution in [0.15, 0.2) is 30.3 Å². The van der Waals surface area contributed by atoms with Gasteiger partial charge in [0.1, 0.15) is 11.6 Å². The summed E-state index contributed by atoms with van der Waals surface area (Å²) in [5, 5.41) is 11.6. The first-order chi connectivity index (χ1) is 16.6. The third kappa shape index (κ3) is 5.07. The molecule has 3 aromatic heterocycles. The molecule has 1 aliphatic rings. The van der Waals surface area contributed by atoms with Crippen molar-refractivity contribution in [2.45, 2.75) is 33.1 Å². The van der Waals surface area contributed by atoms with E-state index in [1.165, 1.54) is 6.07 Å². The second-order valence-electron chi connectivity index (χ2n) is 10.2. The highest BCUT2D eigenvalue weighted by atomic mass is 19.1. The van der Waals surface area contributed by atoms with Crippen molar-refractivity contribution in [1.82, 2.24) is 30.0 Å². The molecule has 184 valence electrons. The van der Waals surface area contributed by atoms with Gasteiger partial charge in [-0.25, -0.2) is 4.39 Å². The monoisotopic (exact) mass is 478 g/mol. The lowest BCUT2D eigenvalue weighted by Gasteiger charge is -2.33. The molecular formula is C25H31FN8O. The molecule has 1 saturated heterocycles. The van der Waals surface area contributed by atoms with Crippen molar-refractivity contribution in [1.29, 1.82) is 0 Å². The zero-order valence-electron chi connectivity index (χ0n) is 20.7. The first-order valence-electron chi connectivity index (χ1n) is 11.8. The molecule has 0 spiro atoms. The summed E-state index contributed by atoms with van der Waals surface area (Å²) in [6.07, 6.45) is 0. The highest BCUT2D eigenvalue weighted by Gasteiger charge is 2.20. The molecule has 9 nitrogen and oxygen atoms in total. The minimum atomic E-state index is -0.482. The Kier molecular flexibility index (Phi) is 5.84. The summed E-state index contributed by atoms with van der Waals surface area (Å²) in [7, 11) is 2.10. The Balaban J connectivity index is 1.48. The number of rotatable bonds is 5. The van der Waals surface area contributed by atoms with Crippen molar-refractivity contribution < 1.29 is 9.13 Å². The predicted octanol–water partition coefficient (Wildman–Crippen LogP) is 4.71. The van der Waals surface area contributed by atoms with Crippen LogP contribution in [0.3, 0.4) is 0 Å². The zero-order valence-corrected chi connectivity index (χ0v) is 20.7. The van der Waals surface area contributed by atoms with E-state index in [9.17, 15) is 4.39 Å². The average molecular weight is 479 g/mol. The molecule has 10 heteroatoms. The number of aromatic amines is 2. The van der Waals surface area contributed by atoms with Gasteiger partial charge in [-0.1, -0.05) is 20.8 Å². The Bertz CT molecular complexity index is 1350. The van der Waals surface area contributed by atoms with E-state index in [2.05, 4.69) is 68.1 Å². The fourth-order valence-corrected chi connectivity index (χ4v) is 4.08. The largest absolute Gasteiger partial charge is 0.421 e. The van der Waals surface area contributed by atoms with Crippen molar-refractivity contribution in [3.63, 3.8) is 0 Å². The Morgan fingerprint density at radius 2 is 1.77 bits per heavy atom. The molecule has 3 N–H and O–H groups in total. The fraction of sp³-hybridized carbons (Fsp3) is 0.400. The molecule has 0 amide bonds. The molecule has 4 aromatic rings. The minimum absolute atomic E-state index is 0.0649. The van der Waals surface area contributed by atoms with Gasteiger partial charge in [0.25, 0.3) is 0 Å². The van der Waals surface area contributed by atoms with Crippen LogP contribution in [-0.2, 0) is 5.41 Å². The number of nitrogens with one attached hydrogen (secondary N) is 3. The van der Waals surface area contributed by atoms with Gasteiger partial charge in [0, 0.05) is 72.1 Å². The number of hydrogen-bond donors (Lipinski definition) is 3. The van der Waals surface area contributed by atoms with Gasteiger partial charge in [0.15, 0.2) is 17.4 Å². The van der Waals surface area contributed by atoms with Crippen molar-refractivity contribution in [2.24, 2.45) is 0 Å². The Hall–Kier alpha value is -3.66. The van der Waals surface area contributed by atoms with Crippen molar-refractivity contribution >= 4 is 28.4 Å². The highest BCUT2D eigenvalue weighted by molar-refractivity contribution is 5.82. The number of likely N-dealkylation sites (N-methyl/N-ethyl adjacent to an activating group) is 1. The van der Waals surface area contributed by atoms with E-state index in [0.29, 0.717) is 11.6 Å². The lowest BCUT2D eigenvalue weighted by molar-refractivity contribution is 0.311. The zero-order chi connectivity index (χ0) is 24.7. The van der Waals surface area contributed by atoms with E-state index in [4.69, 9.17) is 4.74 Å². The molecule has 0 atom stereocenters. The lowest BCUT2D eigenvalue weighted by Crippen LogP contribution is -2.44.